The smallest absolute Gasteiger partial charge is 0.147 e. The van der Waals surface area contributed by atoms with Gasteiger partial charge in [-0.2, -0.15) is 5.10 Å². The fraction of sp³-hybridized carbons (Fsp3) is 0. The molecule has 0 saturated heterocycles. The first kappa shape index (κ1) is 13.5. The summed E-state index contributed by atoms with van der Waals surface area (Å²) in [7, 11) is 0. The van der Waals surface area contributed by atoms with Crippen LogP contribution in [0.1, 0.15) is 5.76 Å². The van der Waals surface area contributed by atoms with E-state index in [1.165, 1.54) is 0 Å². The number of anilines is 1. The van der Waals surface area contributed by atoms with Crippen molar-refractivity contribution in [3.8, 4) is 11.3 Å². The molecule has 1 N–H and O–H groups in total. The Morgan fingerprint density at radius 1 is 0.952 bits per heavy atom. The summed E-state index contributed by atoms with van der Waals surface area (Å²) in [5.74, 6) is 1.44. The van der Waals surface area contributed by atoms with Gasteiger partial charge < -0.3 is 4.42 Å². The number of para-hydroxylation sites is 1. The van der Waals surface area contributed by atoms with Crippen molar-refractivity contribution in [2.45, 2.75) is 0 Å². The molecule has 0 spiro atoms. The molecule has 0 fully saturated rings. The van der Waals surface area contributed by atoms with Crippen molar-refractivity contribution in [2.24, 2.45) is 5.10 Å². The number of nitrogens with zero attached hydrogens (tertiary/aromatic N) is 1. The van der Waals surface area contributed by atoms with E-state index in [-0.39, 0.29) is 0 Å². The molecule has 0 amide bonds. The summed E-state index contributed by atoms with van der Waals surface area (Å²) < 4.78 is 5.71. The molecular weight excluding hydrogens is 284 g/mol. The van der Waals surface area contributed by atoms with Gasteiger partial charge in [-0.15, -0.1) is 0 Å². The van der Waals surface area contributed by atoms with E-state index in [1.54, 1.807) is 6.21 Å². The highest BCUT2D eigenvalue weighted by atomic mass is 35.5. The summed E-state index contributed by atoms with van der Waals surface area (Å²) in [4.78, 5) is 0. The SMILES string of the molecule is Clc1cccc(-c2ccc(/C=N\Nc3ccccc3)o2)c1. The highest BCUT2D eigenvalue weighted by molar-refractivity contribution is 6.30. The van der Waals surface area contributed by atoms with Crippen LogP contribution in [0, 0.1) is 0 Å². The van der Waals surface area contributed by atoms with E-state index in [1.807, 2.05) is 66.7 Å². The molecule has 0 aliphatic heterocycles. The first-order valence-electron chi connectivity index (χ1n) is 6.51. The van der Waals surface area contributed by atoms with Crippen molar-refractivity contribution in [1.82, 2.24) is 0 Å². The van der Waals surface area contributed by atoms with Crippen molar-refractivity contribution in [3.05, 3.63) is 77.5 Å². The van der Waals surface area contributed by atoms with Gasteiger partial charge in [0.15, 0.2) is 0 Å². The van der Waals surface area contributed by atoms with Crippen molar-refractivity contribution in [3.63, 3.8) is 0 Å². The van der Waals surface area contributed by atoms with Gasteiger partial charge >= 0.3 is 0 Å². The molecule has 0 aliphatic carbocycles. The third kappa shape index (κ3) is 3.52. The van der Waals surface area contributed by atoms with Crippen LogP contribution in [-0.4, -0.2) is 6.21 Å². The lowest BCUT2D eigenvalue weighted by atomic mass is 10.2. The van der Waals surface area contributed by atoms with Crippen LogP contribution in [0.2, 0.25) is 5.02 Å². The molecule has 1 heterocycles. The van der Waals surface area contributed by atoms with E-state index in [0.717, 1.165) is 17.0 Å². The standard InChI is InChI=1S/C17H13ClN2O/c18-14-6-4-5-13(11-14)17-10-9-16(21-17)12-19-20-15-7-2-1-3-8-15/h1-12,20H/b19-12-. The summed E-state index contributed by atoms with van der Waals surface area (Å²) in [5.41, 5.74) is 4.81. The molecule has 104 valence electrons. The zero-order valence-electron chi connectivity index (χ0n) is 11.2. The maximum Gasteiger partial charge on any atom is 0.147 e. The maximum atomic E-state index is 5.97. The number of halogens is 1. The van der Waals surface area contributed by atoms with E-state index in [2.05, 4.69) is 10.5 Å². The predicted molar refractivity (Wildman–Crippen MR) is 86.8 cm³/mol. The predicted octanol–water partition coefficient (Wildman–Crippen LogP) is 5.05. The second-order valence-corrected chi connectivity index (χ2v) is 4.88. The number of benzene rings is 2. The Bertz CT molecular complexity index is 750. The minimum absolute atomic E-state index is 0.674. The van der Waals surface area contributed by atoms with Crippen molar-refractivity contribution in [1.29, 1.82) is 0 Å². The highest BCUT2D eigenvalue weighted by Gasteiger charge is 2.03. The molecule has 3 nitrogen and oxygen atoms in total. The molecule has 3 rings (SSSR count). The molecule has 4 heteroatoms. The summed E-state index contributed by atoms with van der Waals surface area (Å²) >= 11 is 5.97. The fourth-order valence-electron chi connectivity index (χ4n) is 1.90. The number of hydrogen-bond acceptors (Lipinski definition) is 3. The number of hydrazone groups is 1. The van der Waals surface area contributed by atoms with Crippen LogP contribution < -0.4 is 5.43 Å². The first-order valence-corrected chi connectivity index (χ1v) is 6.89. The molecule has 21 heavy (non-hydrogen) atoms. The van der Waals surface area contributed by atoms with Crippen LogP contribution in [0.3, 0.4) is 0 Å². The average molecular weight is 297 g/mol. The van der Waals surface area contributed by atoms with E-state index in [9.17, 15) is 0 Å². The Morgan fingerprint density at radius 2 is 1.81 bits per heavy atom. The fourth-order valence-corrected chi connectivity index (χ4v) is 2.09. The van der Waals surface area contributed by atoms with Gasteiger partial charge in [0.1, 0.15) is 11.5 Å². The first-order chi connectivity index (χ1) is 10.3. The topological polar surface area (TPSA) is 37.5 Å². The summed E-state index contributed by atoms with van der Waals surface area (Å²) in [6.45, 7) is 0. The normalized spacial score (nSPS) is 10.9. The largest absolute Gasteiger partial charge is 0.455 e. The third-order valence-electron chi connectivity index (χ3n) is 2.90. The van der Waals surface area contributed by atoms with Gasteiger partial charge in [0.2, 0.25) is 0 Å². The Kier molecular flexibility index (Phi) is 4.03. The molecule has 0 radical (unpaired) electrons. The number of nitrogens with one attached hydrogen (secondary N) is 1. The van der Waals surface area contributed by atoms with Crippen LogP contribution in [0.4, 0.5) is 5.69 Å². The highest BCUT2D eigenvalue weighted by Crippen LogP contribution is 2.24. The van der Waals surface area contributed by atoms with Gasteiger partial charge in [-0.1, -0.05) is 41.9 Å². The molecular formula is C17H13ClN2O. The van der Waals surface area contributed by atoms with Gasteiger partial charge in [-0.05, 0) is 36.4 Å². The van der Waals surface area contributed by atoms with Crippen molar-refractivity contribution >= 4 is 23.5 Å². The monoisotopic (exact) mass is 296 g/mol. The van der Waals surface area contributed by atoms with Crippen LogP contribution in [0.5, 0.6) is 0 Å². The summed E-state index contributed by atoms with van der Waals surface area (Å²) in [6.07, 6.45) is 1.64. The second kappa shape index (κ2) is 6.29. The Balaban J connectivity index is 1.71. The Morgan fingerprint density at radius 3 is 2.62 bits per heavy atom. The summed E-state index contributed by atoms with van der Waals surface area (Å²) in [6, 6.07) is 21.0. The Hall–Kier alpha value is -2.52. The van der Waals surface area contributed by atoms with E-state index >= 15 is 0 Å². The zero-order chi connectivity index (χ0) is 14.5. The third-order valence-corrected chi connectivity index (χ3v) is 3.13. The van der Waals surface area contributed by atoms with Crippen molar-refractivity contribution in [2.75, 3.05) is 5.43 Å². The molecule has 3 aromatic rings. The number of hydrogen-bond donors (Lipinski definition) is 1. The molecule has 2 aromatic carbocycles. The number of rotatable bonds is 4. The zero-order valence-corrected chi connectivity index (χ0v) is 11.9. The van der Waals surface area contributed by atoms with Crippen LogP contribution in [0.25, 0.3) is 11.3 Å². The van der Waals surface area contributed by atoms with Gasteiger partial charge in [0.05, 0.1) is 11.9 Å². The van der Waals surface area contributed by atoms with Gasteiger partial charge in [-0.25, -0.2) is 0 Å². The molecule has 0 aliphatic rings. The van der Waals surface area contributed by atoms with Gasteiger partial charge in [-0.3, -0.25) is 5.43 Å². The van der Waals surface area contributed by atoms with Crippen LogP contribution in [0.15, 0.2) is 76.2 Å². The lowest BCUT2D eigenvalue weighted by Gasteiger charge is -1.98. The molecule has 0 bridgehead atoms. The summed E-state index contributed by atoms with van der Waals surface area (Å²) in [5, 5.41) is 4.83. The van der Waals surface area contributed by atoms with Gasteiger partial charge in [0, 0.05) is 10.6 Å². The lowest BCUT2D eigenvalue weighted by molar-refractivity contribution is 0.575. The molecule has 0 saturated carbocycles. The Labute approximate surface area is 127 Å². The van der Waals surface area contributed by atoms with E-state index < -0.39 is 0 Å². The maximum absolute atomic E-state index is 5.97. The van der Waals surface area contributed by atoms with E-state index in [4.69, 9.17) is 16.0 Å². The quantitative estimate of drug-likeness (QED) is 0.540. The second-order valence-electron chi connectivity index (χ2n) is 4.45. The van der Waals surface area contributed by atoms with Crippen LogP contribution >= 0.6 is 11.6 Å². The molecule has 0 unspecified atom stereocenters. The van der Waals surface area contributed by atoms with Crippen molar-refractivity contribution < 1.29 is 4.42 Å². The minimum Gasteiger partial charge on any atom is -0.455 e. The van der Waals surface area contributed by atoms with Gasteiger partial charge in [0.25, 0.3) is 0 Å². The van der Waals surface area contributed by atoms with Crippen LogP contribution in [-0.2, 0) is 0 Å². The minimum atomic E-state index is 0.674. The number of furan rings is 1. The average Bonchev–Trinajstić information content (AvgIpc) is 2.97. The molecule has 0 atom stereocenters. The lowest BCUT2D eigenvalue weighted by Crippen LogP contribution is -1.88. The van der Waals surface area contributed by atoms with E-state index in [0.29, 0.717) is 10.8 Å². The molecule has 1 aromatic heterocycles.